The molecule has 1 saturated heterocycles. The maximum atomic E-state index is 4.62. The van der Waals surface area contributed by atoms with E-state index >= 15 is 0 Å². The highest BCUT2D eigenvalue weighted by Crippen LogP contribution is 2.12. The molecule has 3 nitrogen and oxygen atoms in total. The van der Waals surface area contributed by atoms with Gasteiger partial charge in [0.15, 0.2) is 0 Å². The number of hydrogen-bond donors (Lipinski definition) is 1. The Labute approximate surface area is 97.9 Å². The van der Waals surface area contributed by atoms with Crippen LogP contribution in [0.2, 0.25) is 0 Å². The van der Waals surface area contributed by atoms with Gasteiger partial charge in [-0.2, -0.15) is 0 Å². The van der Waals surface area contributed by atoms with Crippen LogP contribution in [0.5, 0.6) is 0 Å². The highest BCUT2D eigenvalue weighted by molar-refractivity contribution is 5.35. The summed E-state index contributed by atoms with van der Waals surface area (Å²) in [5.74, 6) is 1.01. The number of hydrogen-bond acceptors (Lipinski definition) is 3. The fourth-order valence-corrected chi connectivity index (χ4v) is 2.09. The molecule has 0 aliphatic carbocycles. The van der Waals surface area contributed by atoms with Crippen LogP contribution in [-0.4, -0.2) is 29.5 Å². The Kier molecular flexibility index (Phi) is 4.17. The zero-order chi connectivity index (χ0) is 11.2. The molecule has 2 rings (SSSR count). The van der Waals surface area contributed by atoms with Crippen LogP contribution < -0.4 is 5.32 Å². The summed E-state index contributed by atoms with van der Waals surface area (Å²) in [5.41, 5.74) is 1.18. The third-order valence-electron chi connectivity index (χ3n) is 2.95. The number of aromatic nitrogens is 1. The van der Waals surface area contributed by atoms with Crippen LogP contribution in [0.4, 0.5) is 5.82 Å². The molecule has 1 fully saturated rings. The standard InChI is InChI=1S/C13H21N3/c1-2-8-14-13-7-5-6-12(15-13)11-16-9-3-4-10-16/h5-7H,2-4,8-11H2,1H3,(H,14,15). The second kappa shape index (κ2) is 5.85. The van der Waals surface area contributed by atoms with Gasteiger partial charge in [-0.1, -0.05) is 13.0 Å². The minimum atomic E-state index is 1.00. The summed E-state index contributed by atoms with van der Waals surface area (Å²) < 4.78 is 0. The maximum Gasteiger partial charge on any atom is 0.126 e. The Morgan fingerprint density at radius 3 is 2.88 bits per heavy atom. The molecule has 0 bridgehead atoms. The first-order chi connectivity index (χ1) is 7.88. The molecule has 1 N–H and O–H groups in total. The van der Waals surface area contributed by atoms with E-state index in [1.165, 1.54) is 31.6 Å². The lowest BCUT2D eigenvalue weighted by Gasteiger charge is -2.14. The fourth-order valence-electron chi connectivity index (χ4n) is 2.09. The van der Waals surface area contributed by atoms with E-state index in [0.29, 0.717) is 0 Å². The Morgan fingerprint density at radius 2 is 2.12 bits per heavy atom. The lowest BCUT2D eigenvalue weighted by Crippen LogP contribution is -2.19. The topological polar surface area (TPSA) is 28.2 Å². The SMILES string of the molecule is CCCNc1cccc(CN2CCCC2)n1. The van der Waals surface area contributed by atoms with Gasteiger partial charge in [0, 0.05) is 13.1 Å². The van der Waals surface area contributed by atoms with Gasteiger partial charge in [0.2, 0.25) is 0 Å². The van der Waals surface area contributed by atoms with Gasteiger partial charge in [0.05, 0.1) is 5.69 Å². The van der Waals surface area contributed by atoms with Crippen molar-refractivity contribution in [1.29, 1.82) is 0 Å². The molecule has 0 saturated carbocycles. The van der Waals surface area contributed by atoms with Crippen molar-refractivity contribution in [2.75, 3.05) is 25.0 Å². The molecule has 88 valence electrons. The number of nitrogens with one attached hydrogen (secondary N) is 1. The van der Waals surface area contributed by atoms with Gasteiger partial charge >= 0.3 is 0 Å². The molecule has 2 heterocycles. The van der Waals surface area contributed by atoms with Crippen molar-refractivity contribution in [2.45, 2.75) is 32.7 Å². The van der Waals surface area contributed by atoms with E-state index in [4.69, 9.17) is 0 Å². The van der Waals surface area contributed by atoms with Crippen LogP contribution in [-0.2, 0) is 6.54 Å². The average Bonchev–Trinajstić information content (AvgIpc) is 2.80. The maximum absolute atomic E-state index is 4.62. The summed E-state index contributed by atoms with van der Waals surface area (Å²) in [5, 5.41) is 3.33. The van der Waals surface area contributed by atoms with E-state index in [9.17, 15) is 0 Å². The van der Waals surface area contributed by atoms with Crippen LogP contribution in [0.3, 0.4) is 0 Å². The summed E-state index contributed by atoms with van der Waals surface area (Å²) in [7, 11) is 0. The van der Waals surface area contributed by atoms with Crippen molar-refractivity contribution < 1.29 is 0 Å². The Morgan fingerprint density at radius 1 is 1.31 bits per heavy atom. The first-order valence-corrected chi connectivity index (χ1v) is 6.30. The number of anilines is 1. The predicted octanol–water partition coefficient (Wildman–Crippen LogP) is 2.50. The van der Waals surface area contributed by atoms with E-state index in [0.717, 1.165) is 25.3 Å². The second-order valence-electron chi connectivity index (χ2n) is 4.42. The molecule has 16 heavy (non-hydrogen) atoms. The van der Waals surface area contributed by atoms with Gasteiger partial charge in [-0.05, 0) is 44.5 Å². The third-order valence-corrected chi connectivity index (χ3v) is 2.95. The minimum Gasteiger partial charge on any atom is -0.370 e. The first-order valence-electron chi connectivity index (χ1n) is 6.30. The Bertz CT molecular complexity index is 319. The van der Waals surface area contributed by atoms with Gasteiger partial charge in [-0.25, -0.2) is 4.98 Å². The Balaban J connectivity index is 1.92. The molecule has 1 aliphatic rings. The van der Waals surface area contributed by atoms with Crippen molar-refractivity contribution in [3.05, 3.63) is 23.9 Å². The number of likely N-dealkylation sites (tertiary alicyclic amines) is 1. The van der Waals surface area contributed by atoms with Crippen LogP contribution >= 0.6 is 0 Å². The van der Waals surface area contributed by atoms with Gasteiger partial charge < -0.3 is 5.32 Å². The van der Waals surface area contributed by atoms with Crippen LogP contribution in [0, 0.1) is 0 Å². The van der Waals surface area contributed by atoms with Crippen molar-refractivity contribution in [3.63, 3.8) is 0 Å². The molecule has 1 aromatic rings. The van der Waals surface area contributed by atoms with Gasteiger partial charge in [-0.3, -0.25) is 4.90 Å². The monoisotopic (exact) mass is 219 g/mol. The molecular weight excluding hydrogens is 198 g/mol. The number of nitrogens with zero attached hydrogens (tertiary/aromatic N) is 2. The largest absolute Gasteiger partial charge is 0.370 e. The van der Waals surface area contributed by atoms with Crippen LogP contribution in [0.1, 0.15) is 31.9 Å². The highest BCUT2D eigenvalue weighted by atomic mass is 15.1. The van der Waals surface area contributed by atoms with Crippen LogP contribution in [0.15, 0.2) is 18.2 Å². The molecule has 1 aliphatic heterocycles. The summed E-state index contributed by atoms with van der Waals surface area (Å²) in [6.07, 6.45) is 3.82. The van der Waals surface area contributed by atoms with Crippen molar-refractivity contribution in [2.24, 2.45) is 0 Å². The van der Waals surface area contributed by atoms with Gasteiger partial charge in [-0.15, -0.1) is 0 Å². The first kappa shape index (κ1) is 11.4. The van der Waals surface area contributed by atoms with Crippen molar-refractivity contribution >= 4 is 5.82 Å². The van der Waals surface area contributed by atoms with E-state index < -0.39 is 0 Å². The molecule has 3 heteroatoms. The summed E-state index contributed by atoms with van der Waals surface area (Å²) in [4.78, 5) is 7.10. The molecule has 1 aromatic heterocycles. The summed E-state index contributed by atoms with van der Waals surface area (Å²) >= 11 is 0. The van der Waals surface area contributed by atoms with Crippen molar-refractivity contribution in [1.82, 2.24) is 9.88 Å². The molecular formula is C13H21N3. The molecule has 0 unspecified atom stereocenters. The fraction of sp³-hybridized carbons (Fsp3) is 0.615. The quantitative estimate of drug-likeness (QED) is 0.824. The van der Waals surface area contributed by atoms with E-state index in [-0.39, 0.29) is 0 Å². The average molecular weight is 219 g/mol. The highest BCUT2D eigenvalue weighted by Gasteiger charge is 2.12. The minimum absolute atomic E-state index is 1.00. The van der Waals surface area contributed by atoms with E-state index in [1.54, 1.807) is 0 Å². The molecule has 0 radical (unpaired) electrons. The van der Waals surface area contributed by atoms with E-state index in [1.807, 2.05) is 6.07 Å². The molecule has 0 spiro atoms. The molecule has 0 atom stereocenters. The Hall–Kier alpha value is -1.09. The molecule has 0 amide bonds. The number of pyridine rings is 1. The summed E-state index contributed by atoms with van der Waals surface area (Å²) in [6.45, 7) is 6.63. The zero-order valence-electron chi connectivity index (χ0n) is 10.1. The van der Waals surface area contributed by atoms with Crippen LogP contribution in [0.25, 0.3) is 0 Å². The summed E-state index contributed by atoms with van der Waals surface area (Å²) in [6, 6.07) is 6.26. The normalized spacial score (nSPS) is 16.6. The number of rotatable bonds is 5. The third kappa shape index (κ3) is 3.20. The van der Waals surface area contributed by atoms with Gasteiger partial charge in [0.1, 0.15) is 5.82 Å². The van der Waals surface area contributed by atoms with Crippen molar-refractivity contribution in [3.8, 4) is 0 Å². The lowest BCUT2D eigenvalue weighted by atomic mass is 10.3. The lowest BCUT2D eigenvalue weighted by molar-refractivity contribution is 0.327. The van der Waals surface area contributed by atoms with Gasteiger partial charge in [0.25, 0.3) is 0 Å². The predicted molar refractivity (Wildman–Crippen MR) is 67.5 cm³/mol. The second-order valence-corrected chi connectivity index (χ2v) is 4.42. The van der Waals surface area contributed by atoms with E-state index in [2.05, 4.69) is 34.3 Å². The smallest absolute Gasteiger partial charge is 0.126 e. The molecule has 0 aromatic carbocycles. The zero-order valence-corrected chi connectivity index (χ0v) is 10.1.